The van der Waals surface area contributed by atoms with E-state index in [-0.39, 0.29) is 5.91 Å². The molecule has 0 saturated heterocycles. The molecule has 32 heavy (non-hydrogen) atoms. The van der Waals surface area contributed by atoms with E-state index in [1.165, 1.54) is 0 Å². The van der Waals surface area contributed by atoms with Crippen molar-refractivity contribution in [1.82, 2.24) is 15.3 Å². The Hall–Kier alpha value is -3.89. The number of hydrogen-bond acceptors (Lipinski definition) is 2. The fraction of sp³-hybridized carbons (Fsp3) is 0.0370. The molecule has 3 aromatic carbocycles. The summed E-state index contributed by atoms with van der Waals surface area (Å²) in [7, 11) is 0. The Morgan fingerprint density at radius 3 is 2.50 bits per heavy atom. The van der Waals surface area contributed by atoms with Crippen molar-refractivity contribution in [2.24, 2.45) is 0 Å². The average Bonchev–Trinajstić information content (AvgIpc) is 3.27. The van der Waals surface area contributed by atoms with E-state index in [1.807, 2.05) is 48.8 Å². The summed E-state index contributed by atoms with van der Waals surface area (Å²) in [5, 5.41) is 4.46. The van der Waals surface area contributed by atoms with Crippen molar-refractivity contribution in [2.75, 3.05) is 0 Å². The number of benzene rings is 3. The van der Waals surface area contributed by atoms with E-state index >= 15 is 0 Å². The number of hydrogen-bond donors (Lipinski definition) is 2. The Morgan fingerprint density at radius 1 is 0.875 bits per heavy atom. The van der Waals surface area contributed by atoms with Crippen LogP contribution in [0.1, 0.15) is 15.9 Å². The number of halogens is 1. The van der Waals surface area contributed by atoms with Gasteiger partial charge in [0.15, 0.2) is 0 Å². The summed E-state index contributed by atoms with van der Waals surface area (Å²) in [6, 6.07) is 27.6. The van der Waals surface area contributed by atoms with Gasteiger partial charge in [-0.1, -0.05) is 72.3 Å². The van der Waals surface area contributed by atoms with Crippen molar-refractivity contribution in [3.63, 3.8) is 0 Å². The van der Waals surface area contributed by atoms with Crippen LogP contribution >= 0.6 is 11.6 Å². The standard InChI is InChI=1S/C27H20ClN3O/c28-25-12-5-4-11-22(25)27(32)31-15-18-7-6-10-20(13-18)24-17-30-26-23(24)14-21(16-29-26)19-8-2-1-3-9-19/h1-14,16-17H,15H2,(H,29,30)(H,31,32). The third-order valence-electron chi connectivity index (χ3n) is 5.45. The maximum absolute atomic E-state index is 12.5. The summed E-state index contributed by atoms with van der Waals surface area (Å²) in [5.41, 5.74) is 6.66. The average molecular weight is 438 g/mol. The highest BCUT2D eigenvalue weighted by molar-refractivity contribution is 6.33. The smallest absolute Gasteiger partial charge is 0.253 e. The van der Waals surface area contributed by atoms with Gasteiger partial charge in [0.05, 0.1) is 10.6 Å². The molecule has 0 aliphatic carbocycles. The minimum Gasteiger partial charge on any atom is -0.348 e. The van der Waals surface area contributed by atoms with Gasteiger partial charge in [-0.25, -0.2) is 4.98 Å². The van der Waals surface area contributed by atoms with Gasteiger partial charge in [0.25, 0.3) is 5.91 Å². The second kappa shape index (κ2) is 8.69. The van der Waals surface area contributed by atoms with E-state index in [4.69, 9.17) is 11.6 Å². The Labute approximate surface area is 190 Å². The lowest BCUT2D eigenvalue weighted by Crippen LogP contribution is -2.23. The molecule has 2 aromatic heterocycles. The van der Waals surface area contributed by atoms with Gasteiger partial charge in [-0.3, -0.25) is 4.79 Å². The summed E-state index contributed by atoms with van der Waals surface area (Å²) in [6.07, 6.45) is 3.87. The van der Waals surface area contributed by atoms with Gasteiger partial charge in [-0.15, -0.1) is 0 Å². The Morgan fingerprint density at radius 2 is 1.66 bits per heavy atom. The molecule has 0 aliphatic rings. The lowest BCUT2D eigenvalue weighted by molar-refractivity contribution is 0.0951. The van der Waals surface area contributed by atoms with Crippen LogP contribution in [0.5, 0.6) is 0 Å². The zero-order chi connectivity index (χ0) is 21.9. The van der Waals surface area contributed by atoms with Gasteiger partial charge < -0.3 is 10.3 Å². The first-order valence-corrected chi connectivity index (χ1v) is 10.7. The van der Waals surface area contributed by atoms with Gasteiger partial charge in [-0.2, -0.15) is 0 Å². The number of carbonyl (C=O) groups excluding carboxylic acids is 1. The molecule has 2 heterocycles. The van der Waals surface area contributed by atoms with Crippen LogP contribution in [-0.2, 0) is 6.54 Å². The van der Waals surface area contributed by atoms with Crippen LogP contribution in [0.25, 0.3) is 33.3 Å². The highest BCUT2D eigenvalue weighted by Gasteiger charge is 2.11. The summed E-state index contributed by atoms with van der Waals surface area (Å²) in [6.45, 7) is 0.410. The lowest BCUT2D eigenvalue weighted by Gasteiger charge is -2.09. The van der Waals surface area contributed by atoms with Gasteiger partial charge in [0.2, 0.25) is 0 Å². The number of nitrogens with zero attached hydrogens (tertiary/aromatic N) is 1. The van der Waals surface area contributed by atoms with Crippen LogP contribution in [0.4, 0.5) is 0 Å². The molecule has 0 bridgehead atoms. The molecule has 5 aromatic rings. The molecule has 5 rings (SSSR count). The Kier molecular flexibility index (Phi) is 5.44. The Bertz CT molecular complexity index is 1410. The quantitative estimate of drug-likeness (QED) is 0.330. The first kappa shape index (κ1) is 20.0. The summed E-state index contributed by atoms with van der Waals surface area (Å²) in [4.78, 5) is 20.4. The SMILES string of the molecule is O=C(NCc1cccc(-c2c[nH]c3ncc(-c4ccccc4)cc23)c1)c1ccccc1Cl. The minimum atomic E-state index is -0.190. The van der Waals surface area contributed by atoms with Gasteiger partial charge in [0, 0.05) is 35.5 Å². The maximum atomic E-state index is 12.5. The topological polar surface area (TPSA) is 57.8 Å². The molecular weight excluding hydrogens is 418 g/mol. The molecule has 0 radical (unpaired) electrons. The number of H-pyrrole nitrogens is 1. The number of pyridine rings is 1. The minimum absolute atomic E-state index is 0.190. The molecule has 1 amide bonds. The first-order chi connectivity index (χ1) is 15.7. The number of amides is 1. The van der Waals surface area contributed by atoms with Gasteiger partial charge in [0.1, 0.15) is 5.65 Å². The van der Waals surface area contributed by atoms with Crippen molar-refractivity contribution < 1.29 is 4.79 Å². The highest BCUT2D eigenvalue weighted by atomic mass is 35.5. The monoisotopic (exact) mass is 437 g/mol. The van der Waals surface area contributed by atoms with Crippen molar-refractivity contribution in [3.8, 4) is 22.3 Å². The van der Waals surface area contributed by atoms with E-state index in [0.717, 1.165) is 38.9 Å². The molecule has 0 atom stereocenters. The molecule has 0 saturated carbocycles. The number of nitrogens with one attached hydrogen (secondary N) is 2. The summed E-state index contributed by atoms with van der Waals surface area (Å²) in [5.74, 6) is -0.190. The molecule has 2 N–H and O–H groups in total. The number of rotatable bonds is 5. The number of fused-ring (bicyclic) bond motifs is 1. The zero-order valence-corrected chi connectivity index (χ0v) is 17.9. The predicted molar refractivity (Wildman–Crippen MR) is 130 cm³/mol. The van der Waals surface area contributed by atoms with Crippen molar-refractivity contribution >= 4 is 28.5 Å². The normalized spacial score (nSPS) is 10.9. The Balaban J connectivity index is 1.42. The van der Waals surface area contributed by atoms with Crippen LogP contribution in [0, 0.1) is 0 Å². The first-order valence-electron chi connectivity index (χ1n) is 10.3. The van der Waals surface area contributed by atoms with Crippen LogP contribution in [0.2, 0.25) is 5.02 Å². The van der Waals surface area contributed by atoms with Crippen molar-refractivity contribution in [1.29, 1.82) is 0 Å². The fourth-order valence-corrected chi connectivity index (χ4v) is 4.02. The third-order valence-corrected chi connectivity index (χ3v) is 5.78. The largest absolute Gasteiger partial charge is 0.348 e. The van der Waals surface area contributed by atoms with Gasteiger partial charge >= 0.3 is 0 Å². The van der Waals surface area contributed by atoms with E-state index in [9.17, 15) is 4.79 Å². The van der Waals surface area contributed by atoms with E-state index in [0.29, 0.717) is 17.1 Å². The van der Waals surface area contributed by atoms with Crippen molar-refractivity contribution in [2.45, 2.75) is 6.54 Å². The molecule has 0 fully saturated rings. The second-order valence-electron chi connectivity index (χ2n) is 7.55. The van der Waals surface area contributed by atoms with E-state index in [2.05, 4.69) is 45.6 Å². The molecule has 5 heteroatoms. The maximum Gasteiger partial charge on any atom is 0.253 e. The summed E-state index contributed by atoms with van der Waals surface area (Å²) < 4.78 is 0. The number of aromatic nitrogens is 2. The molecule has 156 valence electrons. The van der Waals surface area contributed by atoms with E-state index in [1.54, 1.807) is 18.2 Å². The van der Waals surface area contributed by atoms with Crippen molar-refractivity contribution in [3.05, 3.63) is 113 Å². The van der Waals surface area contributed by atoms with E-state index < -0.39 is 0 Å². The van der Waals surface area contributed by atoms with Crippen LogP contribution in [0.15, 0.2) is 97.3 Å². The second-order valence-corrected chi connectivity index (χ2v) is 7.96. The summed E-state index contributed by atoms with van der Waals surface area (Å²) >= 11 is 6.14. The number of carbonyl (C=O) groups is 1. The highest BCUT2D eigenvalue weighted by Crippen LogP contribution is 2.31. The zero-order valence-electron chi connectivity index (χ0n) is 17.2. The molecular formula is C27H20ClN3O. The van der Waals surface area contributed by atoms with Crippen LogP contribution in [-0.4, -0.2) is 15.9 Å². The molecule has 0 spiro atoms. The fourth-order valence-electron chi connectivity index (χ4n) is 3.80. The van der Waals surface area contributed by atoms with Crippen LogP contribution in [0.3, 0.4) is 0 Å². The number of aromatic amines is 1. The molecule has 0 aliphatic heterocycles. The molecule has 4 nitrogen and oxygen atoms in total. The third kappa shape index (κ3) is 4.01. The predicted octanol–water partition coefficient (Wildman–Crippen LogP) is 6.48. The van der Waals surface area contributed by atoms with Crippen LogP contribution < -0.4 is 5.32 Å². The van der Waals surface area contributed by atoms with Gasteiger partial charge in [-0.05, 0) is 41.0 Å². The lowest BCUT2D eigenvalue weighted by atomic mass is 10.0. The molecule has 0 unspecified atom stereocenters.